The zero-order valence-electron chi connectivity index (χ0n) is 12.6. The first-order valence-corrected chi connectivity index (χ1v) is 7.99. The Balaban J connectivity index is 1.68. The maximum Gasteiger partial charge on any atom is 0.455 e. The van der Waals surface area contributed by atoms with Gasteiger partial charge in [0.1, 0.15) is 0 Å². The molecule has 0 fully saturated rings. The number of pyridine rings is 1. The quantitative estimate of drug-likeness (QED) is 0.713. The molecule has 3 rings (SSSR count). The Morgan fingerprint density at radius 2 is 1.80 bits per heavy atom. The number of Topliss-reactive ketones (excluding diaryl/α,β-unsaturated/α-hetero) is 1. The normalized spacial score (nSPS) is 11.5. The van der Waals surface area contributed by atoms with E-state index in [1.807, 2.05) is 30.3 Å². The number of thiophene rings is 1. The van der Waals surface area contributed by atoms with Crippen LogP contribution in [-0.4, -0.2) is 22.9 Å². The molecule has 2 aromatic heterocycles. The van der Waals surface area contributed by atoms with Crippen molar-refractivity contribution in [3.63, 3.8) is 0 Å². The number of aromatic nitrogens is 1. The van der Waals surface area contributed by atoms with Crippen molar-refractivity contribution in [2.45, 2.75) is 12.7 Å². The van der Waals surface area contributed by atoms with Crippen LogP contribution in [0.5, 0.6) is 0 Å². The highest BCUT2D eigenvalue weighted by Crippen LogP contribution is 2.26. The second kappa shape index (κ2) is 6.64. The van der Waals surface area contributed by atoms with Crippen LogP contribution in [0.2, 0.25) is 0 Å². The van der Waals surface area contributed by atoms with Crippen molar-refractivity contribution in [2.24, 2.45) is 0 Å². The summed E-state index contributed by atoms with van der Waals surface area (Å²) in [6.45, 7) is 0.178. The van der Waals surface area contributed by atoms with Gasteiger partial charge in [0.15, 0.2) is 0 Å². The summed E-state index contributed by atoms with van der Waals surface area (Å²) in [6, 6.07) is 11.6. The number of nitrogens with zero attached hydrogens (tertiary/aromatic N) is 1. The molecule has 1 N–H and O–H groups in total. The van der Waals surface area contributed by atoms with E-state index in [9.17, 15) is 22.8 Å². The van der Waals surface area contributed by atoms with E-state index >= 15 is 0 Å². The van der Waals surface area contributed by atoms with Crippen molar-refractivity contribution in [1.82, 2.24) is 10.3 Å². The molecular formula is C17H11F3N2O2S. The first kappa shape index (κ1) is 17.1. The minimum atomic E-state index is -4.95. The van der Waals surface area contributed by atoms with Gasteiger partial charge in [-0.15, -0.1) is 11.3 Å². The number of para-hydroxylation sites is 1. The molecule has 0 spiro atoms. The van der Waals surface area contributed by atoms with E-state index in [4.69, 9.17) is 0 Å². The fraction of sp³-hybridized carbons (Fsp3) is 0.118. The van der Waals surface area contributed by atoms with Gasteiger partial charge in [0, 0.05) is 18.1 Å². The number of ketones is 1. The zero-order valence-corrected chi connectivity index (χ0v) is 13.4. The molecule has 25 heavy (non-hydrogen) atoms. The summed E-state index contributed by atoms with van der Waals surface area (Å²) >= 11 is 0.516. The van der Waals surface area contributed by atoms with Crippen LogP contribution in [0, 0.1) is 0 Å². The molecule has 0 aliphatic rings. The second-order valence-corrected chi connectivity index (χ2v) is 6.29. The molecule has 0 saturated carbocycles. The summed E-state index contributed by atoms with van der Waals surface area (Å²) in [7, 11) is 0. The number of hydrogen-bond donors (Lipinski definition) is 1. The summed E-state index contributed by atoms with van der Waals surface area (Å²) in [5, 5.41) is 3.53. The second-order valence-electron chi connectivity index (χ2n) is 5.21. The Kier molecular flexibility index (Phi) is 4.54. The standard InChI is InChI=1S/C17H11F3N2O2S/c18-17(19,20)15(23)13-5-6-14(25-13)16(24)22-9-10-7-11-3-1-2-4-12(11)21-8-10/h1-8H,9H2,(H,22,24). The van der Waals surface area contributed by atoms with Crippen LogP contribution in [0.25, 0.3) is 10.9 Å². The number of carbonyl (C=O) groups excluding carboxylic acids is 2. The first-order chi connectivity index (χ1) is 11.8. The molecule has 4 nitrogen and oxygen atoms in total. The molecule has 8 heteroatoms. The third-order valence-corrected chi connectivity index (χ3v) is 4.49. The molecule has 128 valence electrons. The summed E-state index contributed by atoms with van der Waals surface area (Å²) in [4.78, 5) is 27.0. The number of carbonyl (C=O) groups is 2. The maximum absolute atomic E-state index is 12.4. The molecule has 0 bridgehead atoms. The molecule has 3 aromatic rings. The molecule has 0 atom stereocenters. The van der Waals surface area contributed by atoms with Gasteiger partial charge >= 0.3 is 6.18 Å². The number of halogens is 3. The lowest BCUT2D eigenvalue weighted by molar-refractivity contribution is -0.0882. The van der Waals surface area contributed by atoms with Gasteiger partial charge in [0.05, 0.1) is 15.3 Å². The van der Waals surface area contributed by atoms with Gasteiger partial charge in [-0.05, 0) is 29.8 Å². The first-order valence-electron chi connectivity index (χ1n) is 7.18. The molecular weight excluding hydrogens is 353 g/mol. The number of alkyl halides is 3. The van der Waals surface area contributed by atoms with Crippen LogP contribution in [0.3, 0.4) is 0 Å². The van der Waals surface area contributed by atoms with Crippen molar-refractivity contribution in [2.75, 3.05) is 0 Å². The van der Waals surface area contributed by atoms with Crippen LogP contribution in [0.15, 0.2) is 48.7 Å². The van der Waals surface area contributed by atoms with Gasteiger partial charge in [-0.25, -0.2) is 0 Å². The molecule has 1 amide bonds. The van der Waals surface area contributed by atoms with E-state index < -0.39 is 22.7 Å². The Bertz CT molecular complexity index is 950. The van der Waals surface area contributed by atoms with Crippen molar-refractivity contribution in [3.8, 4) is 0 Å². The van der Waals surface area contributed by atoms with Gasteiger partial charge in [0.25, 0.3) is 11.7 Å². The van der Waals surface area contributed by atoms with Crippen molar-refractivity contribution in [1.29, 1.82) is 0 Å². The molecule has 0 aliphatic carbocycles. The number of benzene rings is 1. The number of fused-ring (bicyclic) bond motifs is 1. The summed E-state index contributed by atoms with van der Waals surface area (Å²) in [5.41, 5.74) is 1.58. The van der Waals surface area contributed by atoms with E-state index in [0.717, 1.165) is 22.5 Å². The van der Waals surface area contributed by atoms with Crippen LogP contribution in [0.4, 0.5) is 13.2 Å². The number of nitrogens with one attached hydrogen (secondary N) is 1. The lowest BCUT2D eigenvalue weighted by atomic mass is 10.1. The fourth-order valence-corrected chi connectivity index (χ4v) is 3.09. The van der Waals surface area contributed by atoms with Gasteiger partial charge in [-0.1, -0.05) is 18.2 Å². The Morgan fingerprint density at radius 3 is 2.56 bits per heavy atom. The summed E-state index contributed by atoms with van der Waals surface area (Å²) in [5.74, 6) is -2.49. The number of hydrogen-bond acceptors (Lipinski definition) is 4. The Hall–Kier alpha value is -2.74. The maximum atomic E-state index is 12.4. The van der Waals surface area contributed by atoms with E-state index in [1.54, 1.807) is 6.20 Å². The van der Waals surface area contributed by atoms with E-state index in [-0.39, 0.29) is 11.4 Å². The highest BCUT2D eigenvalue weighted by atomic mass is 32.1. The molecule has 0 aliphatic heterocycles. The van der Waals surface area contributed by atoms with E-state index in [2.05, 4.69) is 10.3 Å². The van der Waals surface area contributed by atoms with Crippen LogP contribution in [0.1, 0.15) is 24.9 Å². The fourth-order valence-electron chi connectivity index (χ4n) is 2.20. The lowest BCUT2D eigenvalue weighted by Gasteiger charge is -2.05. The van der Waals surface area contributed by atoms with Crippen LogP contribution < -0.4 is 5.32 Å². The lowest BCUT2D eigenvalue weighted by Crippen LogP contribution is -2.22. The zero-order chi connectivity index (χ0) is 18.0. The van der Waals surface area contributed by atoms with Gasteiger partial charge in [-0.3, -0.25) is 14.6 Å². The third kappa shape index (κ3) is 3.85. The molecule has 0 saturated heterocycles. The molecule has 2 heterocycles. The highest BCUT2D eigenvalue weighted by molar-refractivity contribution is 7.16. The smallest absolute Gasteiger partial charge is 0.347 e. The van der Waals surface area contributed by atoms with E-state index in [0.29, 0.717) is 11.3 Å². The van der Waals surface area contributed by atoms with Gasteiger partial charge in [-0.2, -0.15) is 13.2 Å². The Morgan fingerprint density at radius 1 is 1.08 bits per heavy atom. The third-order valence-electron chi connectivity index (χ3n) is 3.41. The monoisotopic (exact) mass is 364 g/mol. The number of rotatable bonds is 4. The van der Waals surface area contributed by atoms with Crippen molar-refractivity contribution >= 4 is 33.9 Å². The summed E-state index contributed by atoms with van der Waals surface area (Å²) in [6.07, 6.45) is -3.33. The van der Waals surface area contributed by atoms with Gasteiger partial charge in [0.2, 0.25) is 0 Å². The van der Waals surface area contributed by atoms with Crippen LogP contribution in [-0.2, 0) is 6.54 Å². The largest absolute Gasteiger partial charge is 0.455 e. The predicted octanol–water partition coefficient (Wildman–Crippen LogP) is 3.97. The summed E-state index contributed by atoms with van der Waals surface area (Å²) < 4.78 is 37.2. The van der Waals surface area contributed by atoms with Crippen molar-refractivity contribution < 1.29 is 22.8 Å². The van der Waals surface area contributed by atoms with Crippen molar-refractivity contribution in [3.05, 3.63) is 64.0 Å². The SMILES string of the molecule is O=C(NCc1cnc2ccccc2c1)c1ccc(C(=O)C(F)(F)F)s1. The topological polar surface area (TPSA) is 59.1 Å². The average molecular weight is 364 g/mol. The Labute approximate surface area is 144 Å². The van der Waals surface area contributed by atoms with Crippen LogP contribution >= 0.6 is 11.3 Å². The number of amides is 1. The average Bonchev–Trinajstić information content (AvgIpc) is 3.08. The molecule has 1 aromatic carbocycles. The minimum absolute atomic E-state index is 0.0429. The van der Waals surface area contributed by atoms with Gasteiger partial charge < -0.3 is 5.32 Å². The predicted molar refractivity (Wildman–Crippen MR) is 87.6 cm³/mol. The van der Waals surface area contributed by atoms with E-state index in [1.165, 1.54) is 6.07 Å². The molecule has 0 radical (unpaired) electrons. The molecule has 0 unspecified atom stereocenters. The minimum Gasteiger partial charge on any atom is -0.347 e. The highest BCUT2D eigenvalue weighted by Gasteiger charge is 2.40.